The first kappa shape index (κ1) is 36.9. The number of hydrogen-bond donors (Lipinski definition) is 0. The van der Waals surface area contributed by atoms with Crippen LogP contribution in [-0.2, 0) is 0 Å². The fourth-order valence-electron chi connectivity index (χ4n) is 9.97. The van der Waals surface area contributed by atoms with Gasteiger partial charge < -0.3 is 4.42 Å². The van der Waals surface area contributed by atoms with Gasteiger partial charge in [-0.15, -0.1) is 0 Å². The van der Waals surface area contributed by atoms with Crippen molar-refractivity contribution in [3.05, 3.63) is 231 Å². The van der Waals surface area contributed by atoms with Crippen LogP contribution in [-0.4, -0.2) is 9.97 Å². The molecule has 3 nitrogen and oxygen atoms in total. The lowest BCUT2D eigenvalue weighted by Crippen LogP contribution is -1.95. The number of aromatic nitrogens is 2. The normalized spacial score (nSPS) is 11.7. The molecule has 65 heavy (non-hydrogen) atoms. The zero-order chi connectivity index (χ0) is 42.8. The summed E-state index contributed by atoms with van der Waals surface area (Å²) in [7, 11) is 0. The Morgan fingerprint density at radius 1 is 0.262 bits per heavy atom. The van der Waals surface area contributed by atoms with Crippen molar-refractivity contribution in [3.8, 4) is 67.3 Å². The highest BCUT2D eigenvalue weighted by Gasteiger charge is 2.19. The van der Waals surface area contributed by atoms with E-state index in [-0.39, 0.29) is 0 Å². The molecule has 0 bridgehead atoms. The van der Waals surface area contributed by atoms with E-state index < -0.39 is 0 Å². The van der Waals surface area contributed by atoms with Gasteiger partial charge in [0.15, 0.2) is 5.82 Å². The van der Waals surface area contributed by atoms with Crippen molar-refractivity contribution in [2.24, 2.45) is 0 Å². The molecule has 0 fully saturated rings. The topological polar surface area (TPSA) is 38.9 Å². The Bertz CT molecular complexity index is 3890. The van der Waals surface area contributed by atoms with Crippen LogP contribution in [0.3, 0.4) is 0 Å². The molecule has 0 radical (unpaired) electrons. The molecule has 302 valence electrons. The molecule has 11 aromatic carbocycles. The van der Waals surface area contributed by atoms with E-state index in [9.17, 15) is 0 Å². The second-order valence-corrected chi connectivity index (χ2v) is 16.8. The molecule has 0 N–H and O–H groups in total. The number of fused-ring (bicyclic) bond motifs is 11. The van der Waals surface area contributed by atoms with Crippen LogP contribution in [0.2, 0.25) is 0 Å². The van der Waals surface area contributed by atoms with Crippen LogP contribution in [0.1, 0.15) is 0 Å². The van der Waals surface area contributed by atoms with Gasteiger partial charge >= 0.3 is 0 Å². The summed E-state index contributed by atoms with van der Waals surface area (Å²) in [6, 6.07) is 82.2. The minimum Gasteiger partial charge on any atom is -0.455 e. The third-order valence-corrected chi connectivity index (χ3v) is 13.1. The maximum atomic E-state index is 6.83. The van der Waals surface area contributed by atoms with Crippen molar-refractivity contribution >= 4 is 65.0 Å². The molecule has 3 heteroatoms. The quantitative estimate of drug-likeness (QED) is 0.157. The Hall–Kier alpha value is -8.66. The molecule has 0 aliphatic heterocycles. The van der Waals surface area contributed by atoms with Gasteiger partial charge in [-0.05, 0) is 101 Å². The van der Waals surface area contributed by atoms with E-state index in [0.717, 1.165) is 77.7 Å². The van der Waals surface area contributed by atoms with E-state index in [2.05, 4.69) is 194 Å². The average Bonchev–Trinajstić information content (AvgIpc) is 3.78. The molecule has 0 unspecified atom stereocenters. The minimum atomic E-state index is 0.708. The second-order valence-electron chi connectivity index (χ2n) is 16.8. The Morgan fingerprint density at radius 2 is 0.754 bits per heavy atom. The summed E-state index contributed by atoms with van der Waals surface area (Å²) in [6.07, 6.45) is 0. The zero-order valence-corrected chi connectivity index (χ0v) is 35.2. The predicted octanol–water partition coefficient (Wildman–Crippen LogP) is 17.0. The van der Waals surface area contributed by atoms with Gasteiger partial charge in [-0.25, -0.2) is 9.97 Å². The molecule has 0 atom stereocenters. The van der Waals surface area contributed by atoms with E-state index in [1.54, 1.807) is 0 Å². The Morgan fingerprint density at radius 3 is 1.45 bits per heavy atom. The fraction of sp³-hybridized carbons (Fsp3) is 0. The predicted molar refractivity (Wildman–Crippen MR) is 272 cm³/mol. The summed E-state index contributed by atoms with van der Waals surface area (Å²) in [6.45, 7) is 0. The number of nitrogens with zero attached hydrogens (tertiary/aromatic N) is 2. The molecule has 13 aromatic rings. The Kier molecular flexibility index (Phi) is 8.53. The maximum Gasteiger partial charge on any atom is 0.160 e. The van der Waals surface area contributed by atoms with E-state index in [4.69, 9.17) is 14.4 Å². The minimum absolute atomic E-state index is 0.708. The summed E-state index contributed by atoms with van der Waals surface area (Å²) in [5.74, 6) is 0.708. The molecule has 0 spiro atoms. The molecular weight excluding hydrogens is 789 g/mol. The van der Waals surface area contributed by atoms with Crippen LogP contribution in [0, 0.1) is 0 Å². The van der Waals surface area contributed by atoms with Crippen molar-refractivity contribution in [3.63, 3.8) is 0 Å². The summed E-state index contributed by atoms with van der Waals surface area (Å²) in [5, 5.41) is 12.1. The smallest absolute Gasteiger partial charge is 0.160 e. The fourth-order valence-corrected chi connectivity index (χ4v) is 9.97. The second kappa shape index (κ2) is 15.0. The molecule has 0 saturated carbocycles. The molecule has 13 rings (SSSR count). The van der Waals surface area contributed by atoms with Gasteiger partial charge in [0.25, 0.3) is 0 Å². The molecule has 2 aromatic heterocycles. The average molecular weight is 827 g/mol. The summed E-state index contributed by atoms with van der Waals surface area (Å²) in [4.78, 5) is 10.1. The Balaban J connectivity index is 0.922. The number of rotatable bonds is 6. The van der Waals surface area contributed by atoms with Crippen molar-refractivity contribution in [2.75, 3.05) is 0 Å². The summed E-state index contributed by atoms with van der Waals surface area (Å²) < 4.78 is 6.83. The van der Waals surface area contributed by atoms with Gasteiger partial charge in [-0.1, -0.05) is 200 Å². The van der Waals surface area contributed by atoms with Crippen molar-refractivity contribution < 1.29 is 4.42 Å². The van der Waals surface area contributed by atoms with Gasteiger partial charge in [-0.2, -0.15) is 0 Å². The molecule has 0 saturated heterocycles. The van der Waals surface area contributed by atoms with Crippen molar-refractivity contribution in [2.45, 2.75) is 0 Å². The number of furan rings is 1. The Labute approximate surface area is 375 Å². The third kappa shape index (κ3) is 6.20. The van der Waals surface area contributed by atoms with E-state index in [0.29, 0.717) is 5.82 Å². The highest BCUT2D eigenvalue weighted by atomic mass is 16.3. The zero-order valence-electron chi connectivity index (χ0n) is 35.2. The molecule has 0 amide bonds. The summed E-state index contributed by atoms with van der Waals surface area (Å²) >= 11 is 0. The van der Waals surface area contributed by atoms with E-state index in [1.807, 2.05) is 36.4 Å². The van der Waals surface area contributed by atoms with Gasteiger partial charge in [-0.3, -0.25) is 0 Å². The highest BCUT2D eigenvalue weighted by Crippen LogP contribution is 2.45. The lowest BCUT2D eigenvalue weighted by Gasteiger charge is -2.13. The lowest BCUT2D eigenvalue weighted by molar-refractivity contribution is 0.673. The van der Waals surface area contributed by atoms with Gasteiger partial charge in [0, 0.05) is 32.8 Å². The largest absolute Gasteiger partial charge is 0.455 e. The first-order valence-corrected chi connectivity index (χ1v) is 22.1. The molecule has 0 aliphatic rings. The van der Waals surface area contributed by atoms with Crippen molar-refractivity contribution in [1.82, 2.24) is 9.97 Å². The van der Waals surface area contributed by atoms with Gasteiger partial charge in [0.1, 0.15) is 11.2 Å². The maximum absolute atomic E-state index is 6.83. The van der Waals surface area contributed by atoms with Gasteiger partial charge in [0.2, 0.25) is 0 Å². The first-order chi connectivity index (χ1) is 32.2. The highest BCUT2D eigenvalue weighted by molar-refractivity contribution is 6.27. The van der Waals surface area contributed by atoms with Crippen LogP contribution >= 0.6 is 0 Å². The van der Waals surface area contributed by atoms with Crippen molar-refractivity contribution in [1.29, 1.82) is 0 Å². The first-order valence-electron chi connectivity index (χ1n) is 22.1. The van der Waals surface area contributed by atoms with Crippen LogP contribution in [0.5, 0.6) is 0 Å². The lowest BCUT2D eigenvalue weighted by atomic mass is 9.89. The number of hydrogen-bond acceptors (Lipinski definition) is 3. The van der Waals surface area contributed by atoms with Crippen LogP contribution in [0.4, 0.5) is 0 Å². The van der Waals surface area contributed by atoms with Gasteiger partial charge in [0.05, 0.1) is 11.4 Å². The van der Waals surface area contributed by atoms with Crippen LogP contribution in [0.15, 0.2) is 235 Å². The SMILES string of the molecule is c1ccc(-c2cc(-c3ccc(-c4cccc(-c5cccc6oc7c8ccccc8c(-c8ccc9c%10ccccc%10c%10ccccc%10c9c8)cc7c56)c4)cc3)nc(-c3ccccc3)n2)cc1. The number of benzene rings is 11. The third-order valence-electron chi connectivity index (χ3n) is 13.1. The molecule has 2 heterocycles. The molecule has 0 aliphatic carbocycles. The summed E-state index contributed by atoms with van der Waals surface area (Å²) in [5.41, 5.74) is 13.6. The van der Waals surface area contributed by atoms with Crippen LogP contribution < -0.4 is 0 Å². The standard InChI is InChI=1S/C62H38N2O/c1-3-15-40(16-4-1)57-38-58(64-62(63-57)42-17-5-2-6-18-42)41-31-29-39(30-32-41)43-19-13-20-44(35-43)46-27-14-28-59-60(46)56-37-54(51-25-11-12-26-53(51)61(56)65-59)45-33-34-52-49-23-8-7-21-47(49)48-22-9-10-24-50(48)55(52)36-45/h1-38H. The van der Waals surface area contributed by atoms with E-state index >= 15 is 0 Å². The van der Waals surface area contributed by atoms with Crippen LogP contribution in [0.25, 0.3) is 132 Å². The molecular formula is C62H38N2O. The monoisotopic (exact) mass is 826 g/mol. The van der Waals surface area contributed by atoms with E-state index in [1.165, 1.54) is 48.8 Å².